The summed E-state index contributed by atoms with van der Waals surface area (Å²) >= 11 is 0. The first-order chi connectivity index (χ1) is 16.0. The number of benzene rings is 3. The van der Waals surface area contributed by atoms with Crippen molar-refractivity contribution in [3.8, 4) is 5.69 Å². The number of amides is 1. The van der Waals surface area contributed by atoms with Crippen LogP contribution >= 0.6 is 0 Å². The number of Topliss-reactive ketones (excluding diaryl/α,β-unsaturated/α-hetero) is 1. The van der Waals surface area contributed by atoms with Gasteiger partial charge in [-0.2, -0.15) is 0 Å². The quantitative estimate of drug-likeness (QED) is 0.442. The minimum atomic E-state index is -1.89. The lowest BCUT2D eigenvalue weighted by atomic mass is 9.88. The first-order valence-corrected chi connectivity index (χ1v) is 10.9. The fourth-order valence-electron chi connectivity index (χ4n) is 4.45. The zero-order valence-corrected chi connectivity index (χ0v) is 18.3. The van der Waals surface area contributed by atoms with Crippen LogP contribution in [0.3, 0.4) is 0 Å². The Kier molecular flexibility index (Phi) is 5.19. The number of hydrogen-bond donors (Lipinski definition) is 1. The number of para-hydroxylation sites is 1. The van der Waals surface area contributed by atoms with Gasteiger partial charge in [0, 0.05) is 29.2 Å². The van der Waals surface area contributed by atoms with Crippen molar-refractivity contribution in [2.75, 3.05) is 4.90 Å². The number of hydrogen-bond acceptors (Lipinski definition) is 3. The third-order valence-electron chi connectivity index (χ3n) is 6.34. The number of ketones is 1. The summed E-state index contributed by atoms with van der Waals surface area (Å²) in [5.74, 6) is -0.748. The van der Waals surface area contributed by atoms with E-state index in [2.05, 4.69) is 0 Å². The molecule has 33 heavy (non-hydrogen) atoms. The third kappa shape index (κ3) is 3.66. The van der Waals surface area contributed by atoms with Crippen molar-refractivity contribution in [1.29, 1.82) is 0 Å². The summed E-state index contributed by atoms with van der Waals surface area (Å²) < 4.78 is 1.95. The lowest BCUT2D eigenvalue weighted by molar-refractivity contribution is -0.136. The first-order valence-electron chi connectivity index (χ1n) is 10.9. The predicted octanol–water partition coefficient (Wildman–Crippen LogP) is 4.79. The Morgan fingerprint density at radius 3 is 2.27 bits per heavy atom. The highest BCUT2D eigenvalue weighted by Crippen LogP contribution is 2.43. The molecule has 3 aromatic carbocycles. The van der Waals surface area contributed by atoms with Crippen LogP contribution in [-0.2, 0) is 16.9 Å². The fraction of sp³-hybridized carbons (Fsp3) is 0.143. The highest BCUT2D eigenvalue weighted by molar-refractivity contribution is 6.10. The summed E-state index contributed by atoms with van der Waals surface area (Å²) in [6.45, 7) is 2.33. The van der Waals surface area contributed by atoms with E-state index in [1.165, 1.54) is 0 Å². The van der Waals surface area contributed by atoms with E-state index in [0.29, 0.717) is 23.4 Å². The number of fused-ring (bicyclic) bond motifs is 1. The molecule has 0 aliphatic carbocycles. The van der Waals surface area contributed by atoms with E-state index in [0.717, 1.165) is 16.8 Å². The lowest BCUT2D eigenvalue weighted by Gasteiger charge is -2.23. The van der Waals surface area contributed by atoms with Crippen molar-refractivity contribution < 1.29 is 14.7 Å². The molecular formula is C28H24N2O3. The zero-order chi connectivity index (χ0) is 23.0. The number of aryl methyl sites for hydroxylation is 1. The number of aromatic nitrogens is 1. The SMILES string of the molecule is Cc1ccccc1CN1C(=O)[C@@](O)(CC(=O)c2ccc(-n3cccc3)cc2)c2ccccc21. The van der Waals surface area contributed by atoms with E-state index < -0.39 is 11.5 Å². The maximum atomic E-state index is 13.5. The molecular weight excluding hydrogens is 412 g/mol. The van der Waals surface area contributed by atoms with Crippen LogP contribution in [0.4, 0.5) is 5.69 Å². The molecule has 0 spiro atoms. The molecule has 0 fully saturated rings. The molecule has 0 unspecified atom stereocenters. The molecule has 0 saturated heterocycles. The summed E-state index contributed by atoms with van der Waals surface area (Å²) in [7, 11) is 0. The van der Waals surface area contributed by atoms with E-state index in [1.54, 1.807) is 29.2 Å². The maximum absolute atomic E-state index is 13.5. The van der Waals surface area contributed by atoms with Crippen LogP contribution in [-0.4, -0.2) is 21.4 Å². The van der Waals surface area contributed by atoms with Gasteiger partial charge in [-0.3, -0.25) is 9.59 Å². The Hall–Kier alpha value is -3.96. The Morgan fingerprint density at radius 1 is 0.879 bits per heavy atom. The summed E-state index contributed by atoms with van der Waals surface area (Å²) in [4.78, 5) is 28.2. The lowest BCUT2D eigenvalue weighted by Crippen LogP contribution is -2.41. The van der Waals surface area contributed by atoms with E-state index in [-0.39, 0.29) is 12.2 Å². The number of nitrogens with zero attached hydrogens (tertiary/aromatic N) is 2. The predicted molar refractivity (Wildman–Crippen MR) is 127 cm³/mol. The van der Waals surface area contributed by atoms with Crippen molar-refractivity contribution in [3.05, 3.63) is 120 Å². The summed E-state index contributed by atoms with van der Waals surface area (Å²) in [6, 6.07) is 26.1. The zero-order valence-electron chi connectivity index (χ0n) is 18.3. The van der Waals surface area contributed by atoms with Gasteiger partial charge in [-0.15, -0.1) is 0 Å². The van der Waals surface area contributed by atoms with Crippen molar-refractivity contribution in [2.24, 2.45) is 0 Å². The normalized spacial score (nSPS) is 17.3. The van der Waals surface area contributed by atoms with Crippen molar-refractivity contribution in [3.63, 3.8) is 0 Å². The number of rotatable bonds is 6. The molecule has 1 atom stereocenters. The molecule has 5 rings (SSSR count). The number of anilines is 1. The average Bonchev–Trinajstić information content (AvgIpc) is 3.44. The molecule has 2 heterocycles. The van der Waals surface area contributed by atoms with Gasteiger partial charge >= 0.3 is 0 Å². The smallest absolute Gasteiger partial charge is 0.264 e. The minimum Gasteiger partial charge on any atom is -0.375 e. The van der Waals surface area contributed by atoms with Gasteiger partial charge in [-0.1, -0.05) is 42.5 Å². The van der Waals surface area contributed by atoms with Gasteiger partial charge in [-0.25, -0.2) is 0 Å². The summed E-state index contributed by atoms with van der Waals surface area (Å²) in [6.07, 6.45) is 3.55. The maximum Gasteiger partial charge on any atom is 0.264 e. The van der Waals surface area contributed by atoms with Crippen LogP contribution in [0.15, 0.2) is 97.3 Å². The molecule has 0 saturated carbocycles. The largest absolute Gasteiger partial charge is 0.375 e. The van der Waals surface area contributed by atoms with Crippen LogP contribution < -0.4 is 4.90 Å². The monoisotopic (exact) mass is 436 g/mol. The van der Waals surface area contributed by atoms with E-state index in [4.69, 9.17) is 0 Å². The van der Waals surface area contributed by atoms with Gasteiger partial charge in [0.05, 0.1) is 18.7 Å². The second-order valence-corrected chi connectivity index (χ2v) is 8.43. The molecule has 0 bridgehead atoms. The van der Waals surface area contributed by atoms with E-state index in [9.17, 15) is 14.7 Å². The second kappa shape index (κ2) is 8.19. The fourth-order valence-corrected chi connectivity index (χ4v) is 4.45. The molecule has 5 heteroatoms. The van der Waals surface area contributed by atoms with Crippen LogP contribution in [0.25, 0.3) is 5.69 Å². The van der Waals surface area contributed by atoms with Crippen LogP contribution in [0.2, 0.25) is 0 Å². The molecule has 1 N–H and O–H groups in total. The molecule has 1 aliphatic rings. The Bertz CT molecular complexity index is 1330. The van der Waals surface area contributed by atoms with Gasteiger partial charge in [0.2, 0.25) is 0 Å². The van der Waals surface area contributed by atoms with Gasteiger partial charge in [0.1, 0.15) is 0 Å². The molecule has 1 aromatic heterocycles. The Morgan fingerprint density at radius 2 is 1.55 bits per heavy atom. The molecule has 0 radical (unpaired) electrons. The van der Waals surface area contributed by atoms with Gasteiger partial charge in [-0.05, 0) is 60.5 Å². The van der Waals surface area contributed by atoms with Gasteiger partial charge < -0.3 is 14.6 Å². The molecule has 1 amide bonds. The summed E-state index contributed by atoms with van der Waals surface area (Å²) in [5.41, 5.74) is 2.68. The molecule has 4 aromatic rings. The average molecular weight is 437 g/mol. The van der Waals surface area contributed by atoms with E-state index in [1.807, 2.05) is 84.5 Å². The van der Waals surface area contributed by atoms with Gasteiger partial charge in [0.25, 0.3) is 5.91 Å². The van der Waals surface area contributed by atoms with Crippen molar-refractivity contribution in [1.82, 2.24) is 4.57 Å². The number of aliphatic hydroxyl groups is 1. The van der Waals surface area contributed by atoms with Crippen LogP contribution in [0, 0.1) is 6.92 Å². The Balaban J connectivity index is 1.43. The highest BCUT2D eigenvalue weighted by Gasteiger charge is 2.50. The minimum absolute atomic E-state index is 0.280. The first kappa shape index (κ1) is 20.9. The highest BCUT2D eigenvalue weighted by atomic mass is 16.3. The number of carbonyl (C=O) groups excluding carboxylic acids is 2. The number of carbonyl (C=O) groups is 2. The topological polar surface area (TPSA) is 62.5 Å². The van der Waals surface area contributed by atoms with E-state index >= 15 is 0 Å². The molecule has 5 nitrogen and oxygen atoms in total. The second-order valence-electron chi connectivity index (χ2n) is 8.43. The van der Waals surface area contributed by atoms with Gasteiger partial charge in [0.15, 0.2) is 11.4 Å². The Labute approximate surface area is 192 Å². The van der Waals surface area contributed by atoms with Crippen LogP contribution in [0.5, 0.6) is 0 Å². The molecule has 1 aliphatic heterocycles. The van der Waals surface area contributed by atoms with Crippen molar-refractivity contribution >= 4 is 17.4 Å². The molecule has 164 valence electrons. The third-order valence-corrected chi connectivity index (χ3v) is 6.34. The van der Waals surface area contributed by atoms with Crippen molar-refractivity contribution in [2.45, 2.75) is 25.5 Å². The standard InChI is InChI=1S/C28H24N2O3/c1-20-8-2-3-9-22(20)19-30-25-11-5-4-10-24(25)28(33,27(30)32)18-26(31)21-12-14-23(15-13-21)29-16-6-7-17-29/h2-17,33H,18-19H2,1H3/t28-/m1/s1. The van der Waals surface area contributed by atoms with Crippen LogP contribution in [0.1, 0.15) is 33.5 Å². The summed E-state index contributed by atoms with van der Waals surface area (Å²) in [5, 5.41) is 11.6.